The molecule has 0 N–H and O–H groups in total. The minimum atomic E-state index is -0.375. The molecular formula is C24H17ClFNO3S2. The van der Waals surface area contributed by atoms with Crippen LogP contribution in [-0.4, -0.2) is 17.3 Å². The number of carbonyl (C=O) groups is 1. The summed E-state index contributed by atoms with van der Waals surface area (Å²) in [6.07, 6.45) is 1.74. The van der Waals surface area contributed by atoms with Gasteiger partial charge in [-0.05, 0) is 65.7 Å². The van der Waals surface area contributed by atoms with E-state index in [-0.39, 0.29) is 11.7 Å². The van der Waals surface area contributed by atoms with Crippen LogP contribution in [0.4, 0.5) is 10.1 Å². The molecule has 3 aromatic carbocycles. The standard InChI is InChI=1S/C24H17ClFNO3S2/c1-29-21-12-16(4-11-20(21)30-14-15-2-5-17(25)6-3-15)13-22-23(28)27(24(31)32-22)19-9-7-18(26)8-10-19/h2-13H,14H2,1H3. The molecule has 0 radical (unpaired) electrons. The van der Waals surface area contributed by atoms with Crippen LogP contribution in [0.1, 0.15) is 11.1 Å². The Morgan fingerprint density at radius 2 is 1.78 bits per heavy atom. The van der Waals surface area contributed by atoms with E-state index in [1.807, 2.05) is 30.3 Å². The van der Waals surface area contributed by atoms with Gasteiger partial charge in [-0.1, -0.05) is 53.8 Å². The molecule has 8 heteroatoms. The highest BCUT2D eigenvalue weighted by Gasteiger charge is 2.33. The van der Waals surface area contributed by atoms with Gasteiger partial charge in [-0.3, -0.25) is 9.69 Å². The fourth-order valence-corrected chi connectivity index (χ4v) is 4.49. The smallest absolute Gasteiger partial charge is 0.270 e. The number of amides is 1. The Balaban J connectivity index is 1.52. The van der Waals surface area contributed by atoms with Crippen molar-refractivity contribution >= 4 is 57.6 Å². The summed E-state index contributed by atoms with van der Waals surface area (Å²) in [4.78, 5) is 14.8. The number of thiocarbonyl (C=S) groups is 1. The molecule has 1 saturated heterocycles. The van der Waals surface area contributed by atoms with Crippen molar-refractivity contribution in [1.29, 1.82) is 0 Å². The second kappa shape index (κ2) is 9.73. The third-order valence-corrected chi connectivity index (χ3v) is 6.23. The van der Waals surface area contributed by atoms with E-state index in [9.17, 15) is 9.18 Å². The third kappa shape index (κ3) is 4.96. The van der Waals surface area contributed by atoms with Crippen LogP contribution < -0.4 is 14.4 Å². The number of carbonyl (C=O) groups excluding carboxylic acids is 1. The van der Waals surface area contributed by atoms with Gasteiger partial charge in [0.05, 0.1) is 17.7 Å². The first kappa shape index (κ1) is 22.3. The lowest BCUT2D eigenvalue weighted by molar-refractivity contribution is -0.113. The second-order valence-corrected chi connectivity index (χ2v) is 8.93. The molecule has 1 aliphatic heterocycles. The largest absolute Gasteiger partial charge is 0.493 e. The lowest BCUT2D eigenvalue weighted by Gasteiger charge is -2.14. The van der Waals surface area contributed by atoms with E-state index in [1.165, 1.54) is 40.9 Å². The number of hydrogen-bond acceptors (Lipinski definition) is 5. The topological polar surface area (TPSA) is 38.8 Å². The molecule has 0 spiro atoms. The Morgan fingerprint density at radius 1 is 1.06 bits per heavy atom. The fourth-order valence-electron chi connectivity index (χ4n) is 3.07. The Labute approximate surface area is 199 Å². The number of methoxy groups -OCH3 is 1. The number of halogens is 2. The quantitative estimate of drug-likeness (QED) is 0.295. The number of nitrogens with zero attached hydrogens (tertiary/aromatic N) is 1. The molecule has 0 saturated carbocycles. The van der Waals surface area contributed by atoms with E-state index in [1.54, 1.807) is 25.3 Å². The summed E-state index contributed by atoms with van der Waals surface area (Å²) in [5.74, 6) is 0.494. The van der Waals surface area contributed by atoms with Gasteiger partial charge in [0, 0.05) is 5.02 Å². The Hall–Kier alpha value is -2.87. The summed E-state index contributed by atoms with van der Waals surface area (Å²) in [6.45, 7) is 0.364. The lowest BCUT2D eigenvalue weighted by Crippen LogP contribution is -2.27. The zero-order valence-corrected chi connectivity index (χ0v) is 19.3. The van der Waals surface area contributed by atoms with Gasteiger partial charge in [0.2, 0.25) is 0 Å². The van der Waals surface area contributed by atoms with Crippen LogP contribution in [0.5, 0.6) is 11.5 Å². The maximum Gasteiger partial charge on any atom is 0.270 e. The maximum absolute atomic E-state index is 13.2. The molecule has 1 amide bonds. The van der Waals surface area contributed by atoms with Crippen LogP contribution in [0.2, 0.25) is 5.02 Å². The number of thioether (sulfide) groups is 1. The van der Waals surface area contributed by atoms with Crippen LogP contribution in [0.15, 0.2) is 71.6 Å². The SMILES string of the molecule is COc1cc(C=C2SC(=S)N(c3ccc(F)cc3)C2=O)ccc1OCc1ccc(Cl)cc1. The van der Waals surface area contributed by atoms with Crippen LogP contribution in [0, 0.1) is 5.82 Å². The molecule has 1 heterocycles. The van der Waals surface area contributed by atoms with Gasteiger partial charge < -0.3 is 9.47 Å². The zero-order valence-electron chi connectivity index (χ0n) is 16.9. The predicted molar refractivity (Wildman–Crippen MR) is 131 cm³/mol. The highest BCUT2D eigenvalue weighted by molar-refractivity contribution is 8.27. The highest BCUT2D eigenvalue weighted by atomic mass is 35.5. The number of rotatable bonds is 6. The van der Waals surface area contributed by atoms with Gasteiger partial charge in [-0.25, -0.2) is 4.39 Å². The molecule has 0 unspecified atom stereocenters. The summed E-state index contributed by atoms with van der Waals surface area (Å²) < 4.78 is 25.0. The molecule has 1 aliphatic rings. The molecule has 4 rings (SSSR count). The Bertz CT molecular complexity index is 1200. The molecule has 162 valence electrons. The molecule has 0 aromatic heterocycles. The first-order valence-corrected chi connectivity index (χ1v) is 11.1. The van der Waals surface area contributed by atoms with Crippen LogP contribution in [0.3, 0.4) is 0 Å². The molecule has 0 atom stereocenters. The van der Waals surface area contributed by atoms with Gasteiger partial charge in [0.1, 0.15) is 12.4 Å². The predicted octanol–water partition coefficient (Wildman–Crippen LogP) is 6.47. The van der Waals surface area contributed by atoms with Crippen molar-refractivity contribution in [1.82, 2.24) is 0 Å². The Kier molecular flexibility index (Phi) is 6.79. The summed E-state index contributed by atoms with van der Waals surface area (Å²) in [5.41, 5.74) is 2.27. The maximum atomic E-state index is 13.2. The number of hydrogen-bond donors (Lipinski definition) is 0. The van der Waals surface area contributed by atoms with Gasteiger partial charge in [-0.2, -0.15) is 0 Å². The number of benzene rings is 3. The normalized spacial score (nSPS) is 14.8. The van der Waals surface area contributed by atoms with Crippen molar-refractivity contribution in [2.75, 3.05) is 12.0 Å². The van der Waals surface area contributed by atoms with E-state index >= 15 is 0 Å². The second-order valence-electron chi connectivity index (χ2n) is 6.82. The molecule has 32 heavy (non-hydrogen) atoms. The Morgan fingerprint density at radius 3 is 2.47 bits per heavy atom. The van der Waals surface area contributed by atoms with Gasteiger partial charge >= 0.3 is 0 Å². The van der Waals surface area contributed by atoms with Crippen molar-refractivity contribution < 1.29 is 18.7 Å². The lowest BCUT2D eigenvalue weighted by atomic mass is 10.1. The van der Waals surface area contributed by atoms with Crippen molar-refractivity contribution in [2.24, 2.45) is 0 Å². The zero-order chi connectivity index (χ0) is 22.7. The van der Waals surface area contributed by atoms with Crippen LogP contribution in [0.25, 0.3) is 6.08 Å². The van der Waals surface area contributed by atoms with E-state index in [2.05, 4.69) is 0 Å². The summed E-state index contributed by atoms with van der Waals surface area (Å²) in [6, 6.07) is 18.5. The fraction of sp³-hybridized carbons (Fsp3) is 0.0833. The summed E-state index contributed by atoms with van der Waals surface area (Å²) >= 11 is 12.5. The van der Waals surface area contributed by atoms with E-state index in [4.69, 9.17) is 33.3 Å². The molecule has 1 fully saturated rings. The van der Waals surface area contributed by atoms with Gasteiger partial charge in [-0.15, -0.1) is 0 Å². The van der Waals surface area contributed by atoms with Crippen LogP contribution in [-0.2, 0) is 11.4 Å². The number of anilines is 1. The van der Waals surface area contributed by atoms with Gasteiger partial charge in [0.15, 0.2) is 15.8 Å². The monoisotopic (exact) mass is 485 g/mol. The molecular weight excluding hydrogens is 469 g/mol. The van der Waals surface area contributed by atoms with Crippen molar-refractivity contribution in [3.63, 3.8) is 0 Å². The van der Waals surface area contributed by atoms with E-state index < -0.39 is 0 Å². The van der Waals surface area contributed by atoms with E-state index in [0.717, 1.165) is 11.1 Å². The van der Waals surface area contributed by atoms with E-state index in [0.29, 0.717) is 38.0 Å². The van der Waals surface area contributed by atoms with Crippen molar-refractivity contribution in [3.05, 3.63) is 93.6 Å². The molecule has 0 aliphatic carbocycles. The van der Waals surface area contributed by atoms with Crippen molar-refractivity contribution in [3.8, 4) is 11.5 Å². The summed E-state index contributed by atoms with van der Waals surface area (Å²) in [5, 5.41) is 0.667. The molecule has 3 aromatic rings. The minimum Gasteiger partial charge on any atom is -0.493 e. The molecule has 0 bridgehead atoms. The molecule has 4 nitrogen and oxygen atoms in total. The summed E-state index contributed by atoms with van der Waals surface area (Å²) in [7, 11) is 1.56. The van der Waals surface area contributed by atoms with Crippen molar-refractivity contribution in [2.45, 2.75) is 6.61 Å². The first-order valence-electron chi connectivity index (χ1n) is 9.53. The van der Waals surface area contributed by atoms with Gasteiger partial charge in [0.25, 0.3) is 5.91 Å². The number of ether oxygens (including phenoxy) is 2. The third-order valence-electron chi connectivity index (χ3n) is 4.67. The first-order chi connectivity index (χ1) is 15.4. The van der Waals surface area contributed by atoms with Crippen LogP contribution >= 0.6 is 35.6 Å². The average molecular weight is 486 g/mol. The highest BCUT2D eigenvalue weighted by Crippen LogP contribution is 2.37. The minimum absolute atomic E-state index is 0.256. The average Bonchev–Trinajstić information content (AvgIpc) is 3.07.